The normalized spacial score (nSPS) is 12.5. The van der Waals surface area contributed by atoms with Gasteiger partial charge in [-0.1, -0.05) is 0 Å². The van der Waals surface area contributed by atoms with Crippen molar-refractivity contribution in [3.05, 3.63) is 62.7 Å². The Hall–Kier alpha value is -2.67. The lowest BCUT2D eigenvalue weighted by Gasteiger charge is -2.13. The van der Waals surface area contributed by atoms with Gasteiger partial charge in [0.2, 0.25) is 0 Å². The van der Waals surface area contributed by atoms with E-state index in [4.69, 9.17) is 0 Å². The molecule has 2 aromatic heterocycles. The second kappa shape index (κ2) is 7.99. The summed E-state index contributed by atoms with van der Waals surface area (Å²) in [4.78, 5) is 28.7. The molecule has 3 aromatic rings. The van der Waals surface area contributed by atoms with E-state index >= 15 is 0 Å². The maximum atomic E-state index is 13.1. The van der Waals surface area contributed by atoms with E-state index < -0.39 is 10.8 Å². The van der Waals surface area contributed by atoms with Crippen LogP contribution in [0.15, 0.2) is 34.1 Å². The van der Waals surface area contributed by atoms with E-state index in [9.17, 15) is 13.8 Å². The van der Waals surface area contributed by atoms with Crippen molar-refractivity contribution in [2.24, 2.45) is 0 Å². The fourth-order valence-corrected chi connectivity index (χ4v) is 4.26. The van der Waals surface area contributed by atoms with Crippen LogP contribution >= 0.6 is 0 Å². The van der Waals surface area contributed by atoms with Crippen molar-refractivity contribution in [3.8, 4) is 0 Å². The summed E-state index contributed by atoms with van der Waals surface area (Å²) in [7, 11) is -1.22. The zero-order valence-corrected chi connectivity index (χ0v) is 18.5. The van der Waals surface area contributed by atoms with Crippen LogP contribution in [0.1, 0.15) is 52.6 Å². The predicted octanol–water partition coefficient (Wildman–Crippen LogP) is 3.50. The second-order valence-electron chi connectivity index (χ2n) is 7.76. The molecular formula is C22H27N3O3S. The topological polar surface area (TPSA) is 84.0 Å². The number of carbonyl (C=O) groups excluding carboxylic acids is 1. The highest BCUT2D eigenvalue weighted by atomic mass is 32.2. The van der Waals surface area contributed by atoms with Crippen LogP contribution in [0.5, 0.6) is 0 Å². The van der Waals surface area contributed by atoms with Crippen LogP contribution in [0.3, 0.4) is 0 Å². The van der Waals surface area contributed by atoms with Gasteiger partial charge in [-0.05, 0) is 63.9 Å². The molecule has 6 nitrogen and oxygen atoms in total. The molecule has 7 heteroatoms. The Bertz CT molecular complexity index is 1190. The molecule has 0 bridgehead atoms. The van der Waals surface area contributed by atoms with Crippen LogP contribution in [0.25, 0.3) is 10.9 Å². The fourth-order valence-electron chi connectivity index (χ4n) is 3.70. The zero-order chi connectivity index (χ0) is 21.5. The van der Waals surface area contributed by atoms with Crippen LogP contribution in [-0.4, -0.2) is 25.9 Å². The zero-order valence-electron chi connectivity index (χ0n) is 17.7. The molecule has 1 amide bonds. The molecule has 1 unspecified atom stereocenters. The van der Waals surface area contributed by atoms with Crippen molar-refractivity contribution in [1.82, 2.24) is 14.9 Å². The smallest absolute Gasteiger partial charge is 0.253 e. The third-order valence-corrected chi connectivity index (χ3v) is 6.05. The van der Waals surface area contributed by atoms with Gasteiger partial charge in [-0.3, -0.25) is 13.8 Å². The lowest BCUT2D eigenvalue weighted by atomic mass is 10.1. The van der Waals surface area contributed by atoms with Crippen LogP contribution < -0.4 is 10.9 Å². The van der Waals surface area contributed by atoms with Gasteiger partial charge >= 0.3 is 0 Å². The number of nitrogens with one attached hydrogen (secondary N) is 2. The summed E-state index contributed by atoms with van der Waals surface area (Å²) in [5.74, 6) is -0.286. The van der Waals surface area contributed by atoms with Crippen LogP contribution in [0.4, 0.5) is 0 Å². The Kier molecular flexibility index (Phi) is 5.80. The van der Waals surface area contributed by atoms with E-state index in [1.165, 1.54) is 0 Å². The first-order chi connectivity index (χ1) is 13.6. The van der Waals surface area contributed by atoms with Crippen LogP contribution in [0, 0.1) is 20.8 Å². The Morgan fingerprint density at radius 2 is 1.86 bits per heavy atom. The minimum atomic E-state index is -1.22. The first kappa shape index (κ1) is 21.0. The van der Waals surface area contributed by atoms with Crippen molar-refractivity contribution in [3.63, 3.8) is 0 Å². The number of carbonyl (C=O) groups is 1. The van der Waals surface area contributed by atoms with Gasteiger partial charge in [0.1, 0.15) is 0 Å². The van der Waals surface area contributed by atoms with E-state index in [-0.39, 0.29) is 24.1 Å². The van der Waals surface area contributed by atoms with Gasteiger partial charge in [0, 0.05) is 57.4 Å². The molecule has 29 heavy (non-hydrogen) atoms. The molecule has 1 aromatic carbocycles. The lowest BCUT2D eigenvalue weighted by Crippen LogP contribution is -2.28. The first-order valence-electron chi connectivity index (χ1n) is 9.56. The van der Waals surface area contributed by atoms with Crippen molar-refractivity contribution >= 4 is 27.6 Å². The largest absolute Gasteiger partial charge is 0.348 e. The summed E-state index contributed by atoms with van der Waals surface area (Å²) in [6.45, 7) is 9.92. The van der Waals surface area contributed by atoms with E-state index in [0.29, 0.717) is 16.0 Å². The van der Waals surface area contributed by atoms with Crippen molar-refractivity contribution < 1.29 is 9.00 Å². The van der Waals surface area contributed by atoms with E-state index in [0.717, 1.165) is 27.7 Å². The van der Waals surface area contributed by atoms with Gasteiger partial charge in [-0.25, -0.2) is 0 Å². The molecule has 0 saturated carbocycles. The van der Waals surface area contributed by atoms with E-state index in [1.54, 1.807) is 12.3 Å². The summed E-state index contributed by atoms with van der Waals surface area (Å²) in [5.41, 5.74) is 4.31. The maximum Gasteiger partial charge on any atom is 0.253 e. The number of hydrogen-bond acceptors (Lipinski definition) is 3. The Labute approximate surface area is 172 Å². The minimum absolute atomic E-state index is 0.130. The van der Waals surface area contributed by atoms with Gasteiger partial charge in [0.05, 0.1) is 11.1 Å². The van der Waals surface area contributed by atoms with Crippen molar-refractivity contribution in [1.29, 1.82) is 0 Å². The van der Waals surface area contributed by atoms with Crippen molar-refractivity contribution in [2.45, 2.75) is 52.1 Å². The highest BCUT2D eigenvalue weighted by Gasteiger charge is 2.19. The summed E-state index contributed by atoms with van der Waals surface area (Å²) < 4.78 is 14.3. The molecule has 1 atom stereocenters. The molecule has 0 radical (unpaired) electrons. The summed E-state index contributed by atoms with van der Waals surface area (Å²) >= 11 is 0. The van der Waals surface area contributed by atoms with Gasteiger partial charge in [0.25, 0.3) is 11.5 Å². The summed E-state index contributed by atoms with van der Waals surface area (Å²) in [5, 5.41) is 3.72. The quantitative estimate of drug-likeness (QED) is 0.671. The summed E-state index contributed by atoms with van der Waals surface area (Å²) in [6, 6.07) is 5.67. The SMILES string of the molecule is Cc1cc(C)c(CNC(=O)c2cc(S(C)=O)cc3c2c(C)cn3C(C)C)c(=O)[nH]1. The second-order valence-corrected chi connectivity index (χ2v) is 9.14. The number of aryl methyl sites for hydroxylation is 3. The number of aromatic amines is 1. The molecule has 2 N–H and O–H groups in total. The van der Waals surface area contributed by atoms with Gasteiger partial charge in [0.15, 0.2) is 0 Å². The highest BCUT2D eigenvalue weighted by Crippen LogP contribution is 2.30. The first-order valence-corrected chi connectivity index (χ1v) is 11.1. The molecule has 2 heterocycles. The number of fused-ring (bicyclic) bond motifs is 1. The average molecular weight is 414 g/mol. The molecule has 0 aliphatic rings. The Morgan fingerprint density at radius 3 is 2.45 bits per heavy atom. The lowest BCUT2D eigenvalue weighted by molar-refractivity contribution is 0.0952. The number of rotatable bonds is 5. The third-order valence-electron chi connectivity index (χ3n) is 5.15. The molecule has 0 aliphatic heterocycles. The third kappa shape index (κ3) is 4.05. The number of amides is 1. The number of H-pyrrole nitrogens is 1. The molecular weight excluding hydrogens is 386 g/mol. The van der Waals surface area contributed by atoms with Gasteiger partial charge < -0.3 is 14.9 Å². The van der Waals surface area contributed by atoms with Crippen LogP contribution in [0.2, 0.25) is 0 Å². The molecule has 0 aliphatic carbocycles. The number of hydrogen-bond donors (Lipinski definition) is 2. The fraction of sp³-hybridized carbons (Fsp3) is 0.364. The average Bonchev–Trinajstić information content (AvgIpc) is 2.97. The number of aromatic nitrogens is 2. The molecule has 0 saturated heterocycles. The van der Waals surface area contributed by atoms with Gasteiger partial charge in [-0.15, -0.1) is 0 Å². The van der Waals surface area contributed by atoms with E-state index in [2.05, 4.69) is 28.7 Å². The Morgan fingerprint density at radius 1 is 1.17 bits per heavy atom. The molecule has 3 rings (SSSR count). The van der Waals surface area contributed by atoms with E-state index in [1.807, 2.05) is 39.1 Å². The minimum Gasteiger partial charge on any atom is -0.348 e. The van der Waals surface area contributed by atoms with Gasteiger partial charge in [-0.2, -0.15) is 0 Å². The monoisotopic (exact) mass is 413 g/mol. The standard InChI is InChI=1S/C22H27N3O3S/c1-12(2)25-11-14(4)20-17(8-16(29(6)28)9-19(20)25)21(26)23-10-18-13(3)7-15(5)24-22(18)27/h7-9,11-12H,10H2,1-6H3,(H,23,26)(H,24,27). The van der Waals surface area contributed by atoms with Crippen molar-refractivity contribution in [2.75, 3.05) is 6.26 Å². The molecule has 0 fully saturated rings. The molecule has 154 valence electrons. The molecule has 0 spiro atoms. The highest BCUT2D eigenvalue weighted by molar-refractivity contribution is 7.84. The number of benzene rings is 1. The number of pyridine rings is 1. The number of nitrogens with zero attached hydrogens (tertiary/aromatic N) is 1. The summed E-state index contributed by atoms with van der Waals surface area (Å²) in [6.07, 6.45) is 3.62. The Balaban J connectivity index is 2.05. The predicted molar refractivity (Wildman–Crippen MR) is 117 cm³/mol. The maximum absolute atomic E-state index is 13.1. The van der Waals surface area contributed by atoms with Crippen LogP contribution in [-0.2, 0) is 17.3 Å².